The van der Waals surface area contributed by atoms with Crippen LogP contribution in [0.2, 0.25) is 0 Å². The van der Waals surface area contributed by atoms with Crippen molar-refractivity contribution in [2.45, 2.75) is 69.1 Å². The lowest BCUT2D eigenvalue weighted by Crippen LogP contribution is -2.55. The second kappa shape index (κ2) is 7.46. The van der Waals surface area contributed by atoms with E-state index in [0.717, 1.165) is 28.2 Å². The Labute approximate surface area is 176 Å². The number of hydrogen-bond donors (Lipinski definition) is 1. The van der Waals surface area contributed by atoms with Gasteiger partial charge in [0.25, 0.3) is 5.91 Å². The van der Waals surface area contributed by atoms with Crippen LogP contribution in [0.3, 0.4) is 0 Å². The molecule has 6 rings (SSSR count). The van der Waals surface area contributed by atoms with E-state index in [2.05, 4.69) is 22.4 Å². The molecule has 2 aromatic rings. The van der Waals surface area contributed by atoms with E-state index in [9.17, 15) is 4.79 Å². The number of carbonyl (C=O) groups excluding carboxylic acids is 1. The van der Waals surface area contributed by atoms with Gasteiger partial charge in [-0.05, 0) is 87.7 Å². The highest BCUT2D eigenvalue weighted by molar-refractivity contribution is 7.98. The average molecular weight is 412 g/mol. The molecule has 4 aliphatic rings. The molecule has 0 aliphatic heterocycles. The molecule has 4 fully saturated rings. The van der Waals surface area contributed by atoms with Gasteiger partial charge in [0, 0.05) is 10.9 Å². The van der Waals surface area contributed by atoms with Gasteiger partial charge in [0.05, 0.1) is 11.3 Å². The Kier molecular flexibility index (Phi) is 4.93. The lowest BCUT2D eigenvalue weighted by Gasteiger charge is -2.59. The van der Waals surface area contributed by atoms with Gasteiger partial charge in [-0.15, -0.1) is 11.8 Å². The molecule has 1 amide bonds. The zero-order valence-electron chi connectivity index (χ0n) is 17.2. The minimum absolute atomic E-state index is 0.0399. The first-order valence-electron chi connectivity index (χ1n) is 10.8. The van der Waals surface area contributed by atoms with Gasteiger partial charge in [-0.25, -0.2) is 0 Å². The number of rotatable bonds is 6. The Bertz CT molecular complexity index is 874. The van der Waals surface area contributed by atoms with Gasteiger partial charge in [-0.1, -0.05) is 17.3 Å². The topological polar surface area (TPSA) is 68.0 Å². The molecule has 0 saturated heterocycles. The zero-order valence-corrected chi connectivity index (χ0v) is 18.0. The van der Waals surface area contributed by atoms with Crippen molar-refractivity contribution in [2.24, 2.45) is 23.2 Å². The van der Waals surface area contributed by atoms with Gasteiger partial charge in [-0.3, -0.25) is 4.79 Å². The van der Waals surface area contributed by atoms with Crippen LogP contribution in [0.25, 0.3) is 0 Å². The van der Waals surface area contributed by atoms with Crippen LogP contribution in [0, 0.1) is 30.1 Å². The van der Waals surface area contributed by atoms with Crippen molar-refractivity contribution in [1.29, 1.82) is 0 Å². The number of aromatic nitrogens is 2. The van der Waals surface area contributed by atoms with Crippen molar-refractivity contribution in [3.8, 4) is 0 Å². The number of nitrogens with one attached hydrogen (secondary N) is 1. The fourth-order valence-corrected chi connectivity index (χ4v) is 7.34. The molecule has 0 radical (unpaired) electrons. The summed E-state index contributed by atoms with van der Waals surface area (Å²) in [6, 6.07) is 8.05. The molecular weight excluding hydrogens is 382 g/mol. The maximum absolute atomic E-state index is 13.2. The van der Waals surface area contributed by atoms with Crippen LogP contribution in [0.15, 0.2) is 33.7 Å². The van der Waals surface area contributed by atoms with Crippen LogP contribution in [0.4, 0.5) is 0 Å². The molecule has 1 heterocycles. The summed E-state index contributed by atoms with van der Waals surface area (Å²) in [5.74, 6) is 4.50. The van der Waals surface area contributed by atoms with Crippen molar-refractivity contribution in [2.75, 3.05) is 0 Å². The number of carbonyl (C=O) groups is 1. The predicted molar refractivity (Wildman–Crippen MR) is 113 cm³/mol. The van der Waals surface area contributed by atoms with E-state index >= 15 is 0 Å². The number of amides is 1. The van der Waals surface area contributed by atoms with E-state index in [4.69, 9.17) is 4.52 Å². The molecule has 0 unspecified atom stereocenters. The molecular formula is C23H29N3O2S. The fraction of sp³-hybridized carbons (Fsp3) is 0.609. The summed E-state index contributed by atoms with van der Waals surface area (Å²) in [4.78, 5) is 18.4. The Hall–Kier alpha value is -1.82. The number of hydrogen-bond acceptors (Lipinski definition) is 5. The molecule has 1 atom stereocenters. The Morgan fingerprint density at radius 3 is 2.48 bits per heavy atom. The van der Waals surface area contributed by atoms with E-state index in [1.165, 1.54) is 38.5 Å². The van der Waals surface area contributed by atoms with E-state index in [1.807, 2.05) is 31.2 Å². The summed E-state index contributed by atoms with van der Waals surface area (Å²) in [6.07, 6.45) is 8.17. The normalized spacial score (nSPS) is 31.0. The van der Waals surface area contributed by atoms with Gasteiger partial charge in [0.2, 0.25) is 5.89 Å². The highest BCUT2D eigenvalue weighted by atomic mass is 32.2. The molecule has 4 saturated carbocycles. The number of nitrogens with zero attached hydrogens (tertiary/aromatic N) is 2. The third-order valence-corrected chi connectivity index (χ3v) is 8.46. The number of aryl methyl sites for hydroxylation is 1. The maximum Gasteiger partial charge on any atom is 0.252 e. The summed E-state index contributed by atoms with van der Waals surface area (Å²) in [5, 5.41) is 7.23. The second-order valence-corrected chi connectivity index (χ2v) is 10.5. The minimum atomic E-state index is 0.0399. The average Bonchev–Trinajstić information content (AvgIpc) is 3.10. The first kappa shape index (κ1) is 19.2. The summed E-state index contributed by atoms with van der Waals surface area (Å²) < 4.78 is 5.21. The largest absolute Gasteiger partial charge is 0.349 e. The standard InChI is InChI=1S/C23H29N3O2S/c1-14(23-10-16-7-17(11-23)9-18(8-16)12-23)24-22(27)19-5-3-4-6-20(19)29-13-21-25-15(2)26-28-21/h3-6,14,16-18H,7-13H2,1-2H3,(H,24,27)/t14-,16?,17?,18?,23?/m0/s1. The number of benzene rings is 1. The van der Waals surface area contributed by atoms with E-state index in [1.54, 1.807) is 11.8 Å². The molecule has 1 aromatic heterocycles. The maximum atomic E-state index is 13.2. The molecule has 5 nitrogen and oxygen atoms in total. The third-order valence-electron chi connectivity index (χ3n) is 7.40. The second-order valence-electron chi connectivity index (χ2n) is 9.50. The van der Waals surface area contributed by atoms with Crippen LogP contribution in [0.1, 0.15) is 67.5 Å². The first-order chi connectivity index (χ1) is 14.0. The van der Waals surface area contributed by atoms with Gasteiger partial charge in [-0.2, -0.15) is 4.98 Å². The van der Waals surface area contributed by atoms with Crippen LogP contribution >= 0.6 is 11.8 Å². The SMILES string of the molecule is Cc1noc(CSc2ccccc2C(=O)N[C@@H](C)C23CC4CC(CC(C4)C2)C3)n1. The van der Waals surface area contributed by atoms with Crippen LogP contribution in [-0.4, -0.2) is 22.1 Å². The van der Waals surface area contributed by atoms with Gasteiger partial charge in [0.15, 0.2) is 5.82 Å². The minimum Gasteiger partial charge on any atom is -0.349 e. The molecule has 4 bridgehead atoms. The fourth-order valence-electron chi connectivity index (χ4n) is 6.45. The molecule has 0 spiro atoms. The predicted octanol–water partition coefficient (Wildman–Crippen LogP) is 5.01. The molecule has 1 N–H and O–H groups in total. The molecule has 1 aromatic carbocycles. The van der Waals surface area contributed by atoms with Crippen molar-refractivity contribution >= 4 is 17.7 Å². The number of thioether (sulfide) groups is 1. The Balaban J connectivity index is 1.28. The summed E-state index contributed by atoms with van der Waals surface area (Å²) in [5.41, 5.74) is 1.05. The summed E-state index contributed by atoms with van der Waals surface area (Å²) in [7, 11) is 0. The van der Waals surface area contributed by atoms with Gasteiger partial charge < -0.3 is 9.84 Å². The lowest BCUT2D eigenvalue weighted by molar-refractivity contribution is -0.0688. The van der Waals surface area contributed by atoms with Gasteiger partial charge in [0.1, 0.15) is 0 Å². The van der Waals surface area contributed by atoms with Crippen molar-refractivity contribution in [1.82, 2.24) is 15.5 Å². The summed E-state index contributed by atoms with van der Waals surface area (Å²) >= 11 is 1.57. The smallest absolute Gasteiger partial charge is 0.252 e. The quantitative estimate of drug-likeness (QED) is 0.677. The van der Waals surface area contributed by atoms with E-state index in [-0.39, 0.29) is 11.9 Å². The molecule has 4 aliphatic carbocycles. The van der Waals surface area contributed by atoms with Crippen molar-refractivity contribution in [3.05, 3.63) is 41.5 Å². The van der Waals surface area contributed by atoms with Crippen molar-refractivity contribution < 1.29 is 9.32 Å². The van der Waals surface area contributed by atoms with Gasteiger partial charge >= 0.3 is 0 Å². The Morgan fingerprint density at radius 1 is 1.21 bits per heavy atom. The zero-order chi connectivity index (χ0) is 20.0. The highest BCUT2D eigenvalue weighted by Gasteiger charge is 2.53. The lowest BCUT2D eigenvalue weighted by atomic mass is 9.48. The molecule has 6 heteroatoms. The van der Waals surface area contributed by atoms with Crippen LogP contribution in [0.5, 0.6) is 0 Å². The van der Waals surface area contributed by atoms with Crippen LogP contribution < -0.4 is 5.32 Å². The molecule has 29 heavy (non-hydrogen) atoms. The first-order valence-corrected chi connectivity index (χ1v) is 11.8. The Morgan fingerprint density at radius 2 is 1.86 bits per heavy atom. The van der Waals surface area contributed by atoms with E-state index < -0.39 is 0 Å². The third kappa shape index (κ3) is 3.72. The van der Waals surface area contributed by atoms with Crippen molar-refractivity contribution in [3.63, 3.8) is 0 Å². The van der Waals surface area contributed by atoms with E-state index in [0.29, 0.717) is 22.9 Å². The highest BCUT2D eigenvalue weighted by Crippen LogP contribution is 2.61. The molecule has 154 valence electrons. The summed E-state index contributed by atoms with van der Waals surface area (Å²) in [6.45, 7) is 4.05. The monoisotopic (exact) mass is 411 g/mol. The van der Waals surface area contributed by atoms with Crippen LogP contribution in [-0.2, 0) is 5.75 Å².